The van der Waals surface area contributed by atoms with Gasteiger partial charge in [0, 0.05) is 5.25 Å². The molecule has 0 aromatic rings. The van der Waals surface area contributed by atoms with Crippen molar-refractivity contribution in [3.05, 3.63) is 0 Å². The molecule has 3 atom stereocenters. The predicted molar refractivity (Wildman–Crippen MR) is 54.4 cm³/mol. The molecule has 1 saturated heterocycles. The van der Waals surface area contributed by atoms with E-state index in [0.717, 1.165) is 0 Å². The third-order valence-electron chi connectivity index (χ3n) is 1.95. The van der Waals surface area contributed by atoms with Crippen LogP contribution in [0.25, 0.3) is 0 Å². The highest BCUT2D eigenvalue weighted by molar-refractivity contribution is 8.00. The fourth-order valence-corrected chi connectivity index (χ4v) is 2.94. The van der Waals surface area contributed by atoms with E-state index in [1.54, 1.807) is 0 Å². The molecule has 1 rings (SSSR count). The minimum Gasteiger partial charge on any atom is -0.363 e. The number of hydrogen-bond acceptors (Lipinski definition) is 3. The molecule has 11 heavy (non-hydrogen) atoms. The molecule has 0 N–H and O–H groups in total. The van der Waals surface area contributed by atoms with Gasteiger partial charge in [0.05, 0.1) is 6.10 Å². The molecule has 1 aliphatic rings. The Morgan fingerprint density at radius 3 is 2.64 bits per heavy atom. The number of hydrogen-bond donors (Lipinski definition) is 0. The Bertz CT molecular complexity index is 109. The highest BCUT2D eigenvalue weighted by Crippen LogP contribution is 2.34. The molecule has 0 spiro atoms. The van der Waals surface area contributed by atoms with Crippen LogP contribution < -0.4 is 0 Å². The van der Waals surface area contributed by atoms with Gasteiger partial charge in [0.15, 0.2) is 0 Å². The van der Waals surface area contributed by atoms with E-state index in [4.69, 9.17) is 4.74 Å². The van der Waals surface area contributed by atoms with E-state index >= 15 is 0 Å². The molecule has 0 unspecified atom stereocenters. The SMILES string of the molecule is CSCC[C@@H]1O[C@@H](C)[C@H](C)S1. The molecule has 0 radical (unpaired) electrons. The Hall–Kier alpha value is 0.660. The molecule has 3 heteroatoms. The molecule has 0 aliphatic carbocycles. The van der Waals surface area contributed by atoms with Crippen molar-refractivity contribution in [2.24, 2.45) is 0 Å². The first-order chi connectivity index (χ1) is 5.24. The van der Waals surface area contributed by atoms with Crippen molar-refractivity contribution in [3.8, 4) is 0 Å². The van der Waals surface area contributed by atoms with Crippen LogP contribution in [0, 0.1) is 0 Å². The zero-order chi connectivity index (χ0) is 8.27. The molecule has 66 valence electrons. The Morgan fingerprint density at radius 2 is 2.18 bits per heavy atom. The number of thioether (sulfide) groups is 2. The van der Waals surface area contributed by atoms with Crippen molar-refractivity contribution < 1.29 is 4.74 Å². The van der Waals surface area contributed by atoms with Gasteiger partial charge in [-0.3, -0.25) is 0 Å². The van der Waals surface area contributed by atoms with Crippen LogP contribution in [-0.2, 0) is 4.74 Å². The van der Waals surface area contributed by atoms with Crippen LogP contribution in [0.1, 0.15) is 20.3 Å². The Kier molecular flexibility index (Phi) is 4.10. The summed E-state index contributed by atoms with van der Waals surface area (Å²) in [6.07, 6.45) is 3.79. The second-order valence-corrected chi connectivity index (χ2v) is 5.42. The summed E-state index contributed by atoms with van der Waals surface area (Å²) in [5.74, 6) is 1.22. The van der Waals surface area contributed by atoms with Crippen molar-refractivity contribution >= 4 is 23.5 Å². The van der Waals surface area contributed by atoms with Gasteiger partial charge < -0.3 is 4.74 Å². The van der Waals surface area contributed by atoms with E-state index in [9.17, 15) is 0 Å². The first-order valence-electron chi connectivity index (χ1n) is 4.04. The summed E-state index contributed by atoms with van der Waals surface area (Å²) < 4.78 is 5.73. The van der Waals surface area contributed by atoms with Crippen LogP contribution in [0.3, 0.4) is 0 Å². The van der Waals surface area contributed by atoms with E-state index in [1.807, 2.05) is 23.5 Å². The van der Waals surface area contributed by atoms with Gasteiger partial charge in [-0.05, 0) is 25.4 Å². The van der Waals surface area contributed by atoms with Gasteiger partial charge in [0.2, 0.25) is 0 Å². The first kappa shape index (κ1) is 9.75. The summed E-state index contributed by atoms with van der Waals surface area (Å²) in [5, 5.41) is 0.682. The molecule has 1 fully saturated rings. The van der Waals surface area contributed by atoms with E-state index < -0.39 is 0 Å². The van der Waals surface area contributed by atoms with Gasteiger partial charge in [0.25, 0.3) is 0 Å². The summed E-state index contributed by atoms with van der Waals surface area (Å²) in [6.45, 7) is 4.41. The molecule has 0 saturated carbocycles. The molecular weight excluding hydrogens is 176 g/mol. The van der Waals surface area contributed by atoms with Crippen molar-refractivity contribution in [1.82, 2.24) is 0 Å². The van der Waals surface area contributed by atoms with Crippen LogP contribution in [0.15, 0.2) is 0 Å². The molecule has 0 bridgehead atoms. The normalized spacial score (nSPS) is 37.9. The van der Waals surface area contributed by atoms with Gasteiger partial charge in [-0.15, -0.1) is 11.8 Å². The Morgan fingerprint density at radius 1 is 1.45 bits per heavy atom. The van der Waals surface area contributed by atoms with Gasteiger partial charge in [-0.1, -0.05) is 6.92 Å². The highest BCUT2D eigenvalue weighted by Gasteiger charge is 2.28. The average molecular weight is 192 g/mol. The van der Waals surface area contributed by atoms with Crippen molar-refractivity contribution in [3.63, 3.8) is 0 Å². The minimum atomic E-state index is 0.451. The van der Waals surface area contributed by atoms with Crippen LogP contribution in [0.5, 0.6) is 0 Å². The topological polar surface area (TPSA) is 9.23 Å². The maximum absolute atomic E-state index is 5.73. The summed E-state index contributed by atoms with van der Waals surface area (Å²) >= 11 is 3.88. The zero-order valence-corrected chi connectivity index (χ0v) is 9.00. The minimum absolute atomic E-state index is 0.451. The van der Waals surface area contributed by atoms with E-state index in [1.165, 1.54) is 12.2 Å². The lowest BCUT2D eigenvalue weighted by Gasteiger charge is -2.07. The Balaban J connectivity index is 2.18. The molecule has 0 aromatic carbocycles. The molecule has 1 heterocycles. The second-order valence-electron chi connectivity index (χ2n) is 2.89. The third-order valence-corrected chi connectivity index (χ3v) is 4.06. The van der Waals surface area contributed by atoms with E-state index in [2.05, 4.69) is 20.1 Å². The first-order valence-corrected chi connectivity index (χ1v) is 6.37. The summed E-state index contributed by atoms with van der Waals surface area (Å²) in [6, 6.07) is 0. The maximum Gasteiger partial charge on any atom is 0.104 e. The summed E-state index contributed by atoms with van der Waals surface area (Å²) in [5.41, 5.74) is 0.465. The number of ether oxygens (including phenoxy) is 1. The molecule has 0 aromatic heterocycles. The lowest BCUT2D eigenvalue weighted by Crippen LogP contribution is -2.12. The van der Waals surface area contributed by atoms with Gasteiger partial charge in [-0.25, -0.2) is 0 Å². The lowest BCUT2D eigenvalue weighted by molar-refractivity contribution is 0.0670. The summed E-state index contributed by atoms with van der Waals surface area (Å²) in [4.78, 5) is 0. The molecule has 1 nitrogen and oxygen atoms in total. The summed E-state index contributed by atoms with van der Waals surface area (Å²) in [7, 11) is 0. The van der Waals surface area contributed by atoms with Gasteiger partial charge in [-0.2, -0.15) is 11.8 Å². The lowest BCUT2D eigenvalue weighted by atomic mass is 10.3. The van der Waals surface area contributed by atoms with Crippen LogP contribution in [-0.4, -0.2) is 28.8 Å². The molecule has 0 amide bonds. The number of rotatable bonds is 3. The van der Waals surface area contributed by atoms with Crippen LogP contribution in [0.2, 0.25) is 0 Å². The van der Waals surface area contributed by atoms with Crippen LogP contribution in [0.4, 0.5) is 0 Å². The van der Waals surface area contributed by atoms with E-state index in [0.29, 0.717) is 16.8 Å². The fourth-order valence-electron chi connectivity index (χ4n) is 1.08. The third kappa shape index (κ3) is 2.88. The predicted octanol–water partition coefficient (Wildman–Crippen LogP) is 2.61. The fraction of sp³-hybridized carbons (Fsp3) is 1.00. The van der Waals surface area contributed by atoms with E-state index in [-0.39, 0.29) is 0 Å². The van der Waals surface area contributed by atoms with Crippen molar-refractivity contribution in [2.45, 2.75) is 37.1 Å². The average Bonchev–Trinajstić information content (AvgIpc) is 2.28. The van der Waals surface area contributed by atoms with Gasteiger partial charge >= 0.3 is 0 Å². The highest BCUT2D eigenvalue weighted by atomic mass is 32.2. The smallest absolute Gasteiger partial charge is 0.104 e. The standard InChI is InChI=1S/C8H16OS2/c1-6-7(2)11-8(9-6)4-5-10-3/h6-8H,4-5H2,1-3H3/t6-,7-,8+/m0/s1. The largest absolute Gasteiger partial charge is 0.363 e. The second kappa shape index (κ2) is 4.63. The van der Waals surface area contributed by atoms with Crippen molar-refractivity contribution in [2.75, 3.05) is 12.0 Å². The maximum atomic E-state index is 5.73. The molecule has 1 aliphatic heterocycles. The monoisotopic (exact) mass is 192 g/mol. The van der Waals surface area contributed by atoms with Crippen molar-refractivity contribution in [1.29, 1.82) is 0 Å². The molecular formula is C8H16OS2. The quantitative estimate of drug-likeness (QED) is 0.680. The Labute approximate surface area is 77.6 Å². The zero-order valence-electron chi connectivity index (χ0n) is 7.37. The van der Waals surface area contributed by atoms with Gasteiger partial charge in [0.1, 0.15) is 5.44 Å². The van der Waals surface area contributed by atoms with Crippen LogP contribution >= 0.6 is 23.5 Å².